The SMILES string of the molecule is CCCCC(=O)N[C@H]1Cc2cccc(C(=O)OCC(=O)N(CC)CC)c2OB1O. The number of rotatable bonds is 9. The third-order valence-corrected chi connectivity index (χ3v) is 4.89. The Labute approximate surface area is 171 Å². The molecule has 0 aliphatic carbocycles. The summed E-state index contributed by atoms with van der Waals surface area (Å²) in [5.41, 5.74) is 0.824. The number of fused-ring (bicyclic) bond motifs is 1. The van der Waals surface area contributed by atoms with Gasteiger partial charge in [0.15, 0.2) is 6.61 Å². The van der Waals surface area contributed by atoms with Crippen molar-refractivity contribution in [2.45, 2.75) is 52.4 Å². The average molecular weight is 404 g/mol. The summed E-state index contributed by atoms with van der Waals surface area (Å²) in [5, 5.41) is 13.1. The summed E-state index contributed by atoms with van der Waals surface area (Å²) in [7, 11) is -1.28. The smallest absolute Gasteiger partial charge is 0.534 e. The van der Waals surface area contributed by atoms with Gasteiger partial charge < -0.3 is 24.6 Å². The molecule has 0 unspecified atom stereocenters. The average Bonchev–Trinajstić information content (AvgIpc) is 2.71. The van der Waals surface area contributed by atoms with Gasteiger partial charge in [-0.2, -0.15) is 0 Å². The molecule has 29 heavy (non-hydrogen) atoms. The van der Waals surface area contributed by atoms with Gasteiger partial charge in [0.2, 0.25) is 5.91 Å². The molecular weight excluding hydrogens is 375 g/mol. The summed E-state index contributed by atoms with van der Waals surface area (Å²) < 4.78 is 10.7. The first kappa shape index (κ1) is 22.7. The van der Waals surface area contributed by atoms with Gasteiger partial charge in [0.25, 0.3) is 5.91 Å². The van der Waals surface area contributed by atoms with Gasteiger partial charge in [-0.3, -0.25) is 9.59 Å². The number of esters is 1. The molecule has 0 radical (unpaired) electrons. The molecule has 1 aliphatic heterocycles. The number of benzene rings is 1. The molecule has 2 amide bonds. The highest BCUT2D eigenvalue weighted by Gasteiger charge is 2.37. The minimum absolute atomic E-state index is 0.143. The first-order chi connectivity index (χ1) is 13.9. The van der Waals surface area contributed by atoms with Crippen LogP contribution in [0.4, 0.5) is 0 Å². The zero-order valence-electron chi connectivity index (χ0n) is 17.3. The van der Waals surface area contributed by atoms with E-state index >= 15 is 0 Å². The predicted octanol–water partition coefficient (Wildman–Crippen LogP) is 1.34. The van der Waals surface area contributed by atoms with Gasteiger partial charge in [-0.15, -0.1) is 0 Å². The number of nitrogens with one attached hydrogen (secondary N) is 1. The van der Waals surface area contributed by atoms with Crippen LogP contribution >= 0.6 is 0 Å². The lowest BCUT2D eigenvalue weighted by Crippen LogP contribution is -2.53. The van der Waals surface area contributed by atoms with Crippen molar-refractivity contribution < 1.29 is 28.8 Å². The van der Waals surface area contributed by atoms with Crippen molar-refractivity contribution in [3.8, 4) is 5.75 Å². The lowest BCUT2D eigenvalue weighted by atomic mass is 9.72. The van der Waals surface area contributed by atoms with Gasteiger partial charge in [0, 0.05) is 19.5 Å². The van der Waals surface area contributed by atoms with Gasteiger partial charge in [0.05, 0.1) is 5.94 Å². The molecule has 0 bridgehead atoms. The molecule has 1 aromatic rings. The molecule has 0 fully saturated rings. The molecule has 8 nitrogen and oxygen atoms in total. The fourth-order valence-corrected chi connectivity index (χ4v) is 3.20. The number of para-hydroxylation sites is 1. The van der Waals surface area contributed by atoms with Crippen molar-refractivity contribution in [1.29, 1.82) is 0 Å². The largest absolute Gasteiger partial charge is 0.547 e. The van der Waals surface area contributed by atoms with E-state index < -0.39 is 19.0 Å². The first-order valence-electron chi connectivity index (χ1n) is 10.1. The Hall–Kier alpha value is -2.55. The zero-order valence-corrected chi connectivity index (χ0v) is 17.3. The molecule has 2 rings (SSSR count). The van der Waals surface area contributed by atoms with Gasteiger partial charge >= 0.3 is 13.1 Å². The molecule has 158 valence electrons. The molecule has 1 aliphatic rings. The van der Waals surface area contributed by atoms with Crippen molar-refractivity contribution >= 4 is 24.9 Å². The molecule has 2 N–H and O–H groups in total. The fourth-order valence-electron chi connectivity index (χ4n) is 3.20. The minimum atomic E-state index is -1.28. The monoisotopic (exact) mass is 404 g/mol. The quantitative estimate of drug-likeness (QED) is 0.476. The molecular formula is C20H29BN2O6. The molecule has 1 heterocycles. The van der Waals surface area contributed by atoms with E-state index in [1.165, 1.54) is 6.07 Å². The zero-order chi connectivity index (χ0) is 21.4. The summed E-state index contributed by atoms with van der Waals surface area (Å²) in [6, 6.07) is 4.97. The van der Waals surface area contributed by atoms with E-state index in [4.69, 9.17) is 9.39 Å². The first-order valence-corrected chi connectivity index (χ1v) is 10.1. The number of carbonyl (C=O) groups excluding carboxylic acids is 3. The number of nitrogens with zero attached hydrogens (tertiary/aromatic N) is 1. The van der Waals surface area contributed by atoms with E-state index in [-0.39, 0.29) is 29.7 Å². The van der Waals surface area contributed by atoms with Gasteiger partial charge in [-0.25, -0.2) is 4.79 Å². The maximum absolute atomic E-state index is 12.5. The second-order valence-corrected chi connectivity index (χ2v) is 6.93. The molecule has 1 atom stereocenters. The van der Waals surface area contributed by atoms with Crippen LogP contribution in [0.15, 0.2) is 18.2 Å². The van der Waals surface area contributed by atoms with Crippen molar-refractivity contribution in [2.75, 3.05) is 19.7 Å². The van der Waals surface area contributed by atoms with Crippen molar-refractivity contribution in [3.63, 3.8) is 0 Å². The Balaban J connectivity index is 2.05. The van der Waals surface area contributed by atoms with E-state index in [0.29, 0.717) is 31.5 Å². The van der Waals surface area contributed by atoms with Crippen molar-refractivity contribution in [2.24, 2.45) is 0 Å². The Morgan fingerprint density at radius 3 is 2.66 bits per heavy atom. The summed E-state index contributed by atoms with van der Waals surface area (Å²) in [6.07, 6.45) is 2.39. The van der Waals surface area contributed by atoms with E-state index in [9.17, 15) is 19.4 Å². The number of hydrogen-bond acceptors (Lipinski definition) is 6. The second kappa shape index (κ2) is 10.9. The van der Waals surface area contributed by atoms with Gasteiger partial charge in [0.1, 0.15) is 11.3 Å². The number of amides is 2. The Bertz CT molecular complexity index is 738. The normalized spacial score (nSPS) is 15.2. The summed E-state index contributed by atoms with van der Waals surface area (Å²) in [6.45, 7) is 6.41. The maximum atomic E-state index is 12.5. The maximum Gasteiger partial charge on any atom is 0.547 e. The molecule has 0 spiro atoms. The molecule has 1 aromatic carbocycles. The highest BCUT2D eigenvalue weighted by Crippen LogP contribution is 2.30. The van der Waals surface area contributed by atoms with Crippen LogP contribution in [0, 0.1) is 0 Å². The summed E-state index contributed by atoms with van der Waals surface area (Å²) >= 11 is 0. The van der Waals surface area contributed by atoms with Crippen LogP contribution in [0.1, 0.15) is 56.0 Å². The van der Waals surface area contributed by atoms with Crippen LogP contribution in [0.2, 0.25) is 0 Å². The van der Waals surface area contributed by atoms with E-state index in [2.05, 4.69) is 5.32 Å². The van der Waals surface area contributed by atoms with Crippen LogP contribution in [-0.4, -0.2) is 60.5 Å². The van der Waals surface area contributed by atoms with E-state index in [0.717, 1.165) is 12.8 Å². The fraction of sp³-hybridized carbons (Fsp3) is 0.550. The van der Waals surface area contributed by atoms with Crippen LogP contribution in [-0.2, 0) is 20.7 Å². The summed E-state index contributed by atoms with van der Waals surface area (Å²) in [4.78, 5) is 38.1. The third kappa shape index (κ3) is 5.96. The molecule has 0 aromatic heterocycles. The van der Waals surface area contributed by atoms with E-state index in [1.54, 1.807) is 17.0 Å². The summed E-state index contributed by atoms with van der Waals surface area (Å²) in [5.74, 6) is -1.49. The van der Waals surface area contributed by atoms with Crippen LogP contribution in [0.3, 0.4) is 0 Å². The Morgan fingerprint density at radius 1 is 1.28 bits per heavy atom. The Morgan fingerprint density at radius 2 is 2.00 bits per heavy atom. The number of carbonyl (C=O) groups is 3. The van der Waals surface area contributed by atoms with Gasteiger partial charge in [-0.05, 0) is 38.3 Å². The lowest BCUT2D eigenvalue weighted by Gasteiger charge is -2.29. The van der Waals surface area contributed by atoms with Crippen molar-refractivity contribution in [1.82, 2.24) is 10.2 Å². The third-order valence-electron chi connectivity index (χ3n) is 4.89. The standard InChI is InChI=1S/C20H29BN2O6/c1-4-7-11-17(24)22-16-12-14-9-8-10-15(19(14)29-21(16)27)20(26)28-13-18(25)23(5-2)6-3/h8-10,16,27H,4-7,11-13H2,1-3H3,(H,22,24)/t16-/m0/s1. The van der Waals surface area contributed by atoms with Crippen LogP contribution < -0.4 is 9.97 Å². The molecule has 0 saturated heterocycles. The van der Waals surface area contributed by atoms with Crippen molar-refractivity contribution in [3.05, 3.63) is 29.3 Å². The Kier molecular flexibility index (Phi) is 8.51. The number of ether oxygens (including phenoxy) is 1. The topological polar surface area (TPSA) is 105 Å². The van der Waals surface area contributed by atoms with Crippen LogP contribution in [0.5, 0.6) is 5.75 Å². The highest BCUT2D eigenvalue weighted by molar-refractivity contribution is 6.47. The lowest BCUT2D eigenvalue weighted by molar-refractivity contribution is -0.134. The number of likely N-dealkylation sites (N-methyl/N-ethyl adjacent to an activating group) is 1. The van der Waals surface area contributed by atoms with E-state index in [1.807, 2.05) is 20.8 Å². The number of unbranched alkanes of at least 4 members (excludes halogenated alkanes) is 1. The number of hydrogen-bond donors (Lipinski definition) is 2. The molecule has 9 heteroatoms. The molecule has 0 saturated carbocycles. The second-order valence-electron chi connectivity index (χ2n) is 6.93. The predicted molar refractivity (Wildman–Crippen MR) is 108 cm³/mol. The van der Waals surface area contributed by atoms with Crippen LogP contribution in [0.25, 0.3) is 0 Å². The van der Waals surface area contributed by atoms with Gasteiger partial charge in [-0.1, -0.05) is 25.5 Å². The minimum Gasteiger partial charge on any atom is -0.534 e. The highest BCUT2D eigenvalue weighted by atomic mass is 16.5.